The highest BCUT2D eigenvalue weighted by Gasteiger charge is 2.20. The van der Waals surface area contributed by atoms with Gasteiger partial charge < -0.3 is 25.3 Å². The summed E-state index contributed by atoms with van der Waals surface area (Å²) in [6, 6.07) is 11.5. The van der Waals surface area contributed by atoms with E-state index in [0.717, 1.165) is 48.3 Å². The van der Waals surface area contributed by atoms with Crippen molar-refractivity contribution in [3.63, 3.8) is 0 Å². The predicted octanol–water partition coefficient (Wildman–Crippen LogP) is 3.87. The Kier molecular flexibility index (Phi) is 7.29. The highest BCUT2D eigenvalue weighted by molar-refractivity contribution is 6.34. The molecule has 1 aliphatic rings. The smallest absolute Gasteiger partial charge is 0.258 e. The third-order valence-electron chi connectivity index (χ3n) is 6.28. The third-order valence-corrected chi connectivity index (χ3v) is 6.56. The Bertz CT molecular complexity index is 1320. The summed E-state index contributed by atoms with van der Waals surface area (Å²) < 4.78 is 5.63. The number of piperidine rings is 1. The lowest BCUT2D eigenvalue weighted by atomic mass is 10.1. The maximum Gasteiger partial charge on any atom is 0.258 e. The van der Waals surface area contributed by atoms with Crippen LogP contribution in [0.2, 0.25) is 5.02 Å². The zero-order chi connectivity index (χ0) is 24.9. The Labute approximate surface area is 214 Å². The van der Waals surface area contributed by atoms with Crippen molar-refractivity contribution in [2.75, 3.05) is 32.1 Å². The van der Waals surface area contributed by atoms with E-state index in [1.54, 1.807) is 18.6 Å². The normalized spacial score (nSPS) is 14.6. The minimum absolute atomic E-state index is 0.0660. The standard InChI is InChI=1S/C26H28ClN7O2/c1-34-12-8-19(9-13-34)31-23-21(27)15-30-26-24(23)32-25(33-26)18-2-4-20(5-3-18)36-16-22(35)29-14-17-6-10-28-11-7-17/h2-7,10-11,15,19H,8-9,12-14,16H2,1H3,(H,29,35)(H2,30,31,32,33). The molecule has 0 aliphatic carbocycles. The SMILES string of the molecule is CN1CCC(Nc2c(Cl)cnc3nc(-c4ccc(OCC(=O)NCc5ccncc5)cc4)[nH]c23)CC1. The van der Waals surface area contributed by atoms with Gasteiger partial charge in [-0.3, -0.25) is 9.78 Å². The number of likely N-dealkylation sites (tertiary alicyclic amines) is 1. The first-order chi connectivity index (χ1) is 17.5. The molecular formula is C26H28ClN7O2. The largest absolute Gasteiger partial charge is 0.484 e. The van der Waals surface area contributed by atoms with Gasteiger partial charge in [0, 0.05) is 30.5 Å². The molecule has 36 heavy (non-hydrogen) atoms. The Balaban J connectivity index is 1.22. The number of nitrogens with one attached hydrogen (secondary N) is 3. The number of fused-ring (bicyclic) bond motifs is 1. The van der Waals surface area contributed by atoms with E-state index in [9.17, 15) is 4.79 Å². The van der Waals surface area contributed by atoms with Crippen LogP contribution in [-0.2, 0) is 11.3 Å². The van der Waals surface area contributed by atoms with Crippen LogP contribution < -0.4 is 15.4 Å². The number of hydrogen-bond donors (Lipinski definition) is 3. The molecule has 186 valence electrons. The topological polar surface area (TPSA) is 108 Å². The fourth-order valence-electron chi connectivity index (χ4n) is 4.18. The van der Waals surface area contributed by atoms with Gasteiger partial charge in [0.2, 0.25) is 0 Å². The van der Waals surface area contributed by atoms with Crippen LogP contribution in [0.3, 0.4) is 0 Å². The van der Waals surface area contributed by atoms with Crippen molar-refractivity contribution in [2.45, 2.75) is 25.4 Å². The number of benzene rings is 1. The van der Waals surface area contributed by atoms with Gasteiger partial charge in [-0.25, -0.2) is 9.97 Å². The highest BCUT2D eigenvalue weighted by atomic mass is 35.5. The van der Waals surface area contributed by atoms with Crippen molar-refractivity contribution in [3.05, 3.63) is 65.6 Å². The maximum absolute atomic E-state index is 12.1. The van der Waals surface area contributed by atoms with Crippen LogP contribution in [-0.4, -0.2) is 63.5 Å². The summed E-state index contributed by atoms with van der Waals surface area (Å²) in [7, 11) is 2.14. The van der Waals surface area contributed by atoms with E-state index in [2.05, 4.69) is 42.5 Å². The number of amides is 1. The molecular weight excluding hydrogens is 478 g/mol. The zero-order valence-corrected chi connectivity index (χ0v) is 20.8. The van der Waals surface area contributed by atoms with Crippen molar-refractivity contribution >= 4 is 34.4 Å². The molecule has 4 aromatic rings. The Morgan fingerprint density at radius 3 is 2.67 bits per heavy atom. The van der Waals surface area contributed by atoms with Crippen molar-refractivity contribution in [3.8, 4) is 17.1 Å². The first-order valence-electron chi connectivity index (χ1n) is 11.9. The number of anilines is 1. The number of halogens is 1. The monoisotopic (exact) mass is 505 g/mol. The second-order valence-electron chi connectivity index (χ2n) is 8.93. The molecule has 10 heteroatoms. The minimum atomic E-state index is -0.194. The number of carbonyl (C=O) groups is 1. The fourth-order valence-corrected chi connectivity index (χ4v) is 4.38. The van der Waals surface area contributed by atoms with Gasteiger partial charge >= 0.3 is 0 Å². The molecule has 3 N–H and O–H groups in total. The van der Waals surface area contributed by atoms with Gasteiger partial charge in [0.25, 0.3) is 5.91 Å². The van der Waals surface area contributed by atoms with Crippen LogP contribution in [0.4, 0.5) is 5.69 Å². The lowest BCUT2D eigenvalue weighted by Crippen LogP contribution is -2.36. The van der Waals surface area contributed by atoms with Crippen LogP contribution in [0.25, 0.3) is 22.6 Å². The minimum Gasteiger partial charge on any atom is -0.484 e. The molecule has 9 nitrogen and oxygen atoms in total. The van der Waals surface area contributed by atoms with Gasteiger partial charge in [-0.05, 0) is 74.9 Å². The summed E-state index contributed by atoms with van der Waals surface area (Å²) in [5.41, 5.74) is 4.10. The summed E-state index contributed by atoms with van der Waals surface area (Å²) >= 11 is 6.51. The summed E-state index contributed by atoms with van der Waals surface area (Å²) in [5, 5.41) is 7.01. The van der Waals surface area contributed by atoms with E-state index in [1.807, 2.05) is 36.4 Å². The first kappa shape index (κ1) is 24.0. The van der Waals surface area contributed by atoms with Gasteiger partial charge in [-0.2, -0.15) is 0 Å². The summed E-state index contributed by atoms with van der Waals surface area (Å²) in [6.45, 7) is 2.48. The van der Waals surface area contributed by atoms with Crippen molar-refractivity contribution in [1.29, 1.82) is 0 Å². The van der Waals surface area contributed by atoms with E-state index in [-0.39, 0.29) is 12.5 Å². The number of hydrogen-bond acceptors (Lipinski definition) is 7. The Morgan fingerprint density at radius 1 is 1.17 bits per heavy atom. The number of imidazole rings is 1. The molecule has 1 saturated heterocycles. The van der Waals surface area contributed by atoms with E-state index in [4.69, 9.17) is 16.3 Å². The van der Waals surface area contributed by atoms with Crippen molar-refractivity contribution in [1.82, 2.24) is 30.2 Å². The second-order valence-corrected chi connectivity index (χ2v) is 9.34. The Hall–Kier alpha value is -3.69. The number of aromatic nitrogens is 4. The number of H-pyrrole nitrogens is 1. The molecule has 0 spiro atoms. The molecule has 0 bridgehead atoms. The molecule has 5 rings (SSSR count). The molecule has 0 unspecified atom stereocenters. The quantitative estimate of drug-likeness (QED) is 0.333. The first-order valence-corrected chi connectivity index (χ1v) is 12.3. The molecule has 1 aromatic carbocycles. The van der Waals surface area contributed by atoms with Gasteiger partial charge in [-0.15, -0.1) is 0 Å². The number of rotatable bonds is 8. The molecule has 0 saturated carbocycles. The lowest BCUT2D eigenvalue weighted by molar-refractivity contribution is -0.123. The van der Waals surface area contributed by atoms with Gasteiger partial charge in [0.1, 0.15) is 17.1 Å². The van der Waals surface area contributed by atoms with E-state index in [0.29, 0.717) is 34.8 Å². The predicted molar refractivity (Wildman–Crippen MR) is 140 cm³/mol. The molecule has 1 aliphatic heterocycles. The van der Waals surface area contributed by atoms with Gasteiger partial charge in [-0.1, -0.05) is 11.6 Å². The summed E-state index contributed by atoms with van der Waals surface area (Å²) in [4.78, 5) is 30.8. The van der Waals surface area contributed by atoms with E-state index < -0.39 is 0 Å². The molecule has 1 fully saturated rings. The third kappa shape index (κ3) is 5.75. The maximum atomic E-state index is 12.1. The fraction of sp³-hybridized carbons (Fsp3) is 0.308. The molecule has 1 amide bonds. The number of carbonyl (C=O) groups excluding carboxylic acids is 1. The number of nitrogens with zero attached hydrogens (tertiary/aromatic N) is 4. The Morgan fingerprint density at radius 2 is 1.92 bits per heavy atom. The molecule has 0 atom stereocenters. The summed E-state index contributed by atoms with van der Waals surface area (Å²) in [5.74, 6) is 1.09. The number of aromatic amines is 1. The van der Waals surface area contributed by atoms with Crippen LogP contribution >= 0.6 is 11.6 Å². The average Bonchev–Trinajstić information content (AvgIpc) is 3.35. The average molecular weight is 506 g/mol. The van der Waals surface area contributed by atoms with Crippen LogP contribution in [0.5, 0.6) is 5.75 Å². The molecule has 0 radical (unpaired) electrons. The van der Waals surface area contributed by atoms with Crippen LogP contribution in [0.1, 0.15) is 18.4 Å². The van der Waals surface area contributed by atoms with Gasteiger partial charge in [0.15, 0.2) is 12.3 Å². The summed E-state index contributed by atoms with van der Waals surface area (Å²) in [6.07, 6.45) is 7.14. The molecule has 4 heterocycles. The lowest BCUT2D eigenvalue weighted by Gasteiger charge is -2.30. The molecule has 3 aromatic heterocycles. The number of ether oxygens (including phenoxy) is 1. The van der Waals surface area contributed by atoms with Crippen LogP contribution in [0.15, 0.2) is 55.0 Å². The van der Waals surface area contributed by atoms with Crippen molar-refractivity contribution < 1.29 is 9.53 Å². The number of pyridine rings is 2. The van der Waals surface area contributed by atoms with Crippen molar-refractivity contribution in [2.24, 2.45) is 0 Å². The van der Waals surface area contributed by atoms with Gasteiger partial charge in [0.05, 0.1) is 16.9 Å². The second kappa shape index (κ2) is 10.9. The van der Waals surface area contributed by atoms with E-state index >= 15 is 0 Å². The van der Waals surface area contributed by atoms with E-state index in [1.165, 1.54) is 0 Å². The van der Waals surface area contributed by atoms with Crippen LogP contribution in [0, 0.1) is 0 Å². The highest BCUT2D eigenvalue weighted by Crippen LogP contribution is 2.32. The zero-order valence-electron chi connectivity index (χ0n) is 20.0.